The SMILES string of the molecule is N#Cc1ccc(NC(=O)C2CSCN2C(=O)c2cnn(-c3ccc([N+](=O)[O-])cc3)c2)cc1. The van der Waals surface area contributed by atoms with Crippen LogP contribution in [0.1, 0.15) is 15.9 Å². The van der Waals surface area contributed by atoms with Crippen molar-refractivity contribution in [1.29, 1.82) is 5.26 Å². The molecular formula is C21H16N6O4S. The van der Waals surface area contributed by atoms with Crippen molar-refractivity contribution in [3.05, 3.63) is 82.2 Å². The standard InChI is InChI=1S/C21H16N6O4S/c22-9-14-1-3-16(4-2-14)24-20(28)19-12-32-13-25(19)21(29)15-10-23-26(11-15)17-5-7-18(8-6-17)27(30)31/h1-8,10-11,19H,12-13H2,(H,24,28). The van der Waals surface area contributed by atoms with Crippen molar-refractivity contribution in [1.82, 2.24) is 14.7 Å². The van der Waals surface area contributed by atoms with E-state index < -0.39 is 11.0 Å². The lowest BCUT2D eigenvalue weighted by molar-refractivity contribution is -0.384. The molecule has 0 saturated carbocycles. The number of nitrogens with one attached hydrogen (secondary N) is 1. The number of non-ortho nitro benzene ring substituents is 1. The van der Waals surface area contributed by atoms with Gasteiger partial charge in [0, 0.05) is 29.8 Å². The highest BCUT2D eigenvalue weighted by Crippen LogP contribution is 2.25. The summed E-state index contributed by atoms with van der Waals surface area (Å²) in [5.41, 5.74) is 1.87. The van der Waals surface area contributed by atoms with Crippen molar-refractivity contribution in [3.63, 3.8) is 0 Å². The summed E-state index contributed by atoms with van der Waals surface area (Å²) < 4.78 is 1.45. The minimum atomic E-state index is -0.647. The molecule has 1 N–H and O–H groups in total. The first-order chi connectivity index (χ1) is 15.5. The summed E-state index contributed by atoms with van der Waals surface area (Å²) in [6, 6.07) is 13.7. The summed E-state index contributed by atoms with van der Waals surface area (Å²) in [6.45, 7) is 0. The average Bonchev–Trinajstić information content (AvgIpc) is 3.49. The van der Waals surface area contributed by atoms with Crippen LogP contribution in [0.15, 0.2) is 60.9 Å². The molecule has 11 heteroatoms. The lowest BCUT2D eigenvalue weighted by atomic mass is 10.2. The molecule has 2 aromatic carbocycles. The maximum Gasteiger partial charge on any atom is 0.269 e. The molecule has 3 aromatic rings. The molecule has 1 aromatic heterocycles. The van der Waals surface area contributed by atoms with Crippen molar-refractivity contribution in [2.24, 2.45) is 0 Å². The Hall–Kier alpha value is -4.17. The second kappa shape index (κ2) is 8.91. The van der Waals surface area contributed by atoms with Crippen molar-refractivity contribution in [2.45, 2.75) is 6.04 Å². The number of hydrogen-bond acceptors (Lipinski definition) is 7. The van der Waals surface area contributed by atoms with Crippen LogP contribution in [0, 0.1) is 21.4 Å². The number of benzene rings is 2. The van der Waals surface area contributed by atoms with Gasteiger partial charge in [-0.3, -0.25) is 19.7 Å². The number of nitro groups is 1. The normalized spacial score (nSPS) is 15.2. The molecule has 2 heterocycles. The van der Waals surface area contributed by atoms with Gasteiger partial charge in [0.2, 0.25) is 5.91 Å². The second-order valence-corrected chi connectivity index (χ2v) is 7.92. The molecule has 1 aliphatic rings. The number of rotatable bonds is 5. The lowest BCUT2D eigenvalue weighted by Crippen LogP contribution is -2.44. The zero-order valence-corrected chi connectivity index (χ0v) is 17.4. The molecular weight excluding hydrogens is 432 g/mol. The molecule has 0 aliphatic carbocycles. The van der Waals surface area contributed by atoms with Crippen LogP contribution >= 0.6 is 11.8 Å². The molecule has 0 bridgehead atoms. The van der Waals surface area contributed by atoms with E-state index in [1.807, 2.05) is 6.07 Å². The Bertz CT molecular complexity index is 1220. The number of aromatic nitrogens is 2. The topological polar surface area (TPSA) is 134 Å². The van der Waals surface area contributed by atoms with Gasteiger partial charge >= 0.3 is 0 Å². The summed E-state index contributed by atoms with van der Waals surface area (Å²) in [7, 11) is 0. The van der Waals surface area contributed by atoms with Crippen LogP contribution in [-0.4, -0.2) is 49.1 Å². The summed E-state index contributed by atoms with van der Waals surface area (Å²) in [6.07, 6.45) is 2.93. The Morgan fingerprint density at radius 2 is 1.91 bits per heavy atom. The highest BCUT2D eigenvalue weighted by molar-refractivity contribution is 7.99. The van der Waals surface area contributed by atoms with Crippen molar-refractivity contribution in [3.8, 4) is 11.8 Å². The number of anilines is 1. The van der Waals surface area contributed by atoms with Crippen LogP contribution in [0.5, 0.6) is 0 Å². The Labute approximate surface area is 186 Å². The van der Waals surface area contributed by atoms with E-state index in [1.165, 1.54) is 45.9 Å². The van der Waals surface area contributed by atoms with Gasteiger partial charge in [-0.15, -0.1) is 11.8 Å². The molecule has 160 valence electrons. The van der Waals surface area contributed by atoms with Gasteiger partial charge in [-0.2, -0.15) is 10.4 Å². The van der Waals surface area contributed by atoms with Crippen LogP contribution in [-0.2, 0) is 4.79 Å². The van der Waals surface area contributed by atoms with Crippen LogP contribution in [0.25, 0.3) is 5.69 Å². The zero-order valence-electron chi connectivity index (χ0n) is 16.5. The first kappa shape index (κ1) is 21.1. The number of thioether (sulfide) groups is 1. The zero-order chi connectivity index (χ0) is 22.7. The lowest BCUT2D eigenvalue weighted by Gasteiger charge is -2.22. The van der Waals surface area contributed by atoms with E-state index in [0.717, 1.165) is 0 Å². The number of nitriles is 1. The maximum absolute atomic E-state index is 13.0. The fourth-order valence-electron chi connectivity index (χ4n) is 3.18. The quantitative estimate of drug-likeness (QED) is 0.468. The van der Waals surface area contributed by atoms with E-state index in [0.29, 0.717) is 34.1 Å². The number of hydrogen-bond donors (Lipinski definition) is 1. The molecule has 0 radical (unpaired) electrons. The van der Waals surface area contributed by atoms with Crippen LogP contribution in [0.4, 0.5) is 11.4 Å². The highest BCUT2D eigenvalue weighted by atomic mass is 32.2. The van der Waals surface area contributed by atoms with Gasteiger partial charge in [-0.25, -0.2) is 4.68 Å². The Morgan fingerprint density at radius 1 is 1.19 bits per heavy atom. The smallest absolute Gasteiger partial charge is 0.269 e. The Kier molecular flexibility index (Phi) is 5.87. The predicted octanol–water partition coefficient (Wildman–Crippen LogP) is 2.81. The van der Waals surface area contributed by atoms with E-state index in [-0.39, 0.29) is 17.5 Å². The van der Waals surface area contributed by atoms with E-state index in [4.69, 9.17) is 5.26 Å². The van der Waals surface area contributed by atoms with Gasteiger partial charge < -0.3 is 10.2 Å². The van der Waals surface area contributed by atoms with Crippen molar-refractivity contribution in [2.75, 3.05) is 16.9 Å². The highest BCUT2D eigenvalue weighted by Gasteiger charge is 2.35. The second-order valence-electron chi connectivity index (χ2n) is 6.92. The maximum atomic E-state index is 13.0. The molecule has 10 nitrogen and oxygen atoms in total. The van der Waals surface area contributed by atoms with Crippen molar-refractivity contribution >= 4 is 35.0 Å². The number of amides is 2. The summed E-state index contributed by atoms with van der Waals surface area (Å²) >= 11 is 1.48. The third-order valence-electron chi connectivity index (χ3n) is 4.88. The number of nitrogens with zero attached hydrogens (tertiary/aromatic N) is 5. The van der Waals surface area contributed by atoms with E-state index in [2.05, 4.69) is 10.4 Å². The third-order valence-corrected chi connectivity index (χ3v) is 5.89. The largest absolute Gasteiger partial charge is 0.324 e. The minimum absolute atomic E-state index is 0.0394. The number of nitro benzene ring substituents is 1. The molecule has 2 amide bonds. The molecule has 1 saturated heterocycles. The molecule has 0 spiro atoms. The minimum Gasteiger partial charge on any atom is -0.324 e. The molecule has 1 atom stereocenters. The fraction of sp³-hybridized carbons (Fsp3) is 0.143. The van der Waals surface area contributed by atoms with E-state index in [1.54, 1.807) is 36.4 Å². The first-order valence-electron chi connectivity index (χ1n) is 9.45. The van der Waals surface area contributed by atoms with Gasteiger partial charge in [-0.05, 0) is 36.4 Å². The molecule has 4 rings (SSSR count). The van der Waals surface area contributed by atoms with E-state index in [9.17, 15) is 19.7 Å². The van der Waals surface area contributed by atoms with Crippen LogP contribution < -0.4 is 5.32 Å². The van der Waals surface area contributed by atoms with Crippen molar-refractivity contribution < 1.29 is 14.5 Å². The molecule has 1 fully saturated rings. The first-order valence-corrected chi connectivity index (χ1v) is 10.6. The molecule has 1 unspecified atom stereocenters. The van der Waals surface area contributed by atoms with Gasteiger partial charge in [0.05, 0.1) is 39.9 Å². The number of carbonyl (C=O) groups excluding carboxylic acids is 2. The summed E-state index contributed by atoms with van der Waals surface area (Å²) in [5, 5.41) is 26.6. The molecule has 1 aliphatic heterocycles. The van der Waals surface area contributed by atoms with Gasteiger partial charge in [-0.1, -0.05) is 0 Å². The summed E-state index contributed by atoms with van der Waals surface area (Å²) in [5.74, 6) is 0.191. The number of carbonyl (C=O) groups is 2. The average molecular weight is 448 g/mol. The molecule has 32 heavy (non-hydrogen) atoms. The van der Waals surface area contributed by atoms with Gasteiger partial charge in [0.1, 0.15) is 6.04 Å². The van der Waals surface area contributed by atoms with Crippen LogP contribution in [0.2, 0.25) is 0 Å². The van der Waals surface area contributed by atoms with Crippen LogP contribution in [0.3, 0.4) is 0 Å². The van der Waals surface area contributed by atoms with Gasteiger partial charge in [0.25, 0.3) is 11.6 Å². The Morgan fingerprint density at radius 3 is 2.56 bits per heavy atom. The van der Waals surface area contributed by atoms with Gasteiger partial charge in [0.15, 0.2) is 0 Å². The Balaban J connectivity index is 1.47. The monoisotopic (exact) mass is 448 g/mol. The predicted molar refractivity (Wildman–Crippen MR) is 117 cm³/mol. The summed E-state index contributed by atoms with van der Waals surface area (Å²) in [4.78, 5) is 37.6. The third kappa shape index (κ3) is 4.30. The fourth-order valence-corrected chi connectivity index (χ4v) is 4.33. The van der Waals surface area contributed by atoms with E-state index >= 15 is 0 Å².